The van der Waals surface area contributed by atoms with E-state index in [1.54, 1.807) is 7.11 Å². The SMILES string of the molecule is COc1ccc([C@H]2c3[nH]c4ccccc4c3CCN2C(=O)Nc2ccc3c(c2)OCCO3)cc1. The summed E-state index contributed by atoms with van der Waals surface area (Å²) >= 11 is 0. The normalized spacial score (nSPS) is 16.7. The van der Waals surface area contributed by atoms with Gasteiger partial charge in [-0.3, -0.25) is 0 Å². The molecule has 0 spiro atoms. The van der Waals surface area contributed by atoms with Crippen molar-refractivity contribution < 1.29 is 19.0 Å². The molecule has 0 saturated heterocycles. The number of rotatable bonds is 3. The fourth-order valence-corrected chi connectivity index (χ4v) is 4.91. The van der Waals surface area contributed by atoms with Gasteiger partial charge >= 0.3 is 6.03 Å². The molecule has 6 rings (SSSR count). The van der Waals surface area contributed by atoms with Crippen LogP contribution in [0.3, 0.4) is 0 Å². The lowest BCUT2D eigenvalue weighted by atomic mass is 9.92. The van der Waals surface area contributed by atoms with Gasteiger partial charge in [0.2, 0.25) is 0 Å². The van der Waals surface area contributed by atoms with Gasteiger partial charge in [-0.1, -0.05) is 30.3 Å². The highest BCUT2D eigenvalue weighted by Gasteiger charge is 2.34. The number of benzene rings is 3. The van der Waals surface area contributed by atoms with E-state index in [0.29, 0.717) is 36.9 Å². The number of hydrogen-bond acceptors (Lipinski definition) is 4. The molecular weight excluding hydrogens is 430 g/mol. The van der Waals surface area contributed by atoms with Crippen LogP contribution in [0, 0.1) is 0 Å². The van der Waals surface area contributed by atoms with E-state index in [2.05, 4.69) is 28.5 Å². The number of hydrogen-bond donors (Lipinski definition) is 2. The van der Waals surface area contributed by atoms with Crippen molar-refractivity contribution >= 4 is 22.6 Å². The van der Waals surface area contributed by atoms with Gasteiger partial charge in [0, 0.05) is 34.9 Å². The van der Waals surface area contributed by atoms with Crippen molar-refractivity contribution in [1.82, 2.24) is 9.88 Å². The number of carbonyl (C=O) groups excluding carboxylic acids is 1. The minimum absolute atomic E-state index is 0.165. The molecule has 1 aromatic heterocycles. The summed E-state index contributed by atoms with van der Waals surface area (Å²) in [6, 6.07) is 21.3. The largest absolute Gasteiger partial charge is 0.497 e. The summed E-state index contributed by atoms with van der Waals surface area (Å²) in [7, 11) is 1.65. The third-order valence-corrected chi connectivity index (χ3v) is 6.52. The Morgan fingerprint density at radius 2 is 1.82 bits per heavy atom. The van der Waals surface area contributed by atoms with Crippen LogP contribution in [0.4, 0.5) is 10.5 Å². The van der Waals surface area contributed by atoms with E-state index in [0.717, 1.165) is 28.9 Å². The lowest BCUT2D eigenvalue weighted by Crippen LogP contribution is -2.43. The molecule has 2 aliphatic heterocycles. The summed E-state index contributed by atoms with van der Waals surface area (Å²) in [6.07, 6.45) is 0.778. The second-order valence-electron chi connectivity index (χ2n) is 8.47. The molecule has 2 N–H and O–H groups in total. The van der Waals surface area contributed by atoms with Crippen LogP contribution >= 0.6 is 0 Å². The molecule has 0 saturated carbocycles. The van der Waals surface area contributed by atoms with Gasteiger partial charge in [0.25, 0.3) is 0 Å². The molecule has 1 atom stereocenters. The summed E-state index contributed by atoms with van der Waals surface area (Å²) in [5, 5.41) is 4.27. The fourth-order valence-electron chi connectivity index (χ4n) is 4.91. The van der Waals surface area contributed by atoms with Crippen LogP contribution in [0.2, 0.25) is 0 Å². The van der Waals surface area contributed by atoms with Gasteiger partial charge in [0.15, 0.2) is 11.5 Å². The Morgan fingerprint density at radius 1 is 1.03 bits per heavy atom. The number of anilines is 1. The predicted molar refractivity (Wildman–Crippen MR) is 130 cm³/mol. The van der Waals surface area contributed by atoms with Gasteiger partial charge in [0.1, 0.15) is 19.0 Å². The molecule has 3 heterocycles. The van der Waals surface area contributed by atoms with Crippen LogP contribution < -0.4 is 19.5 Å². The Labute approximate surface area is 197 Å². The fraction of sp³-hybridized carbons (Fsp3) is 0.222. The Hall–Kier alpha value is -4.13. The average molecular weight is 456 g/mol. The third kappa shape index (κ3) is 3.50. The maximum absolute atomic E-state index is 13.6. The highest BCUT2D eigenvalue weighted by Crippen LogP contribution is 2.39. The second-order valence-corrected chi connectivity index (χ2v) is 8.47. The van der Waals surface area contributed by atoms with Crippen molar-refractivity contribution in [2.75, 3.05) is 32.2 Å². The lowest BCUT2D eigenvalue weighted by molar-refractivity contribution is 0.171. The number of H-pyrrole nitrogens is 1. The van der Waals surface area contributed by atoms with Crippen molar-refractivity contribution in [2.45, 2.75) is 12.5 Å². The quantitative estimate of drug-likeness (QED) is 0.449. The summed E-state index contributed by atoms with van der Waals surface area (Å²) in [6.45, 7) is 1.63. The number of fused-ring (bicyclic) bond motifs is 4. The minimum Gasteiger partial charge on any atom is -0.497 e. The van der Waals surface area contributed by atoms with E-state index in [9.17, 15) is 4.79 Å². The highest BCUT2D eigenvalue weighted by molar-refractivity contribution is 5.92. The molecule has 34 heavy (non-hydrogen) atoms. The predicted octanol–water partition coefficient (Wildman–Crippen LogP) is 5.13. The Morgan fingerprint density at radius 3 is 2.65 bits per heavy atom. The van der Waals surface area contributed by atoms with Crippen LogP contribution in [0.1, 0.15) is 22.9 Å². The number of methoxy groups -OCH3 is 1. The molecule has 0 bridgehead atoms. The highest BCUT2D eigenvalue weighted by atomic mass is 16.6. The number of carbonyl (C=O) groups is 1. The Bertz CT molecular complexity index is 1360. The molecule has 172 valence electrons. The van der Waals surface area contributed by atoms with Crippen LogP contribution in [0.5, 0.6) is 17.2 Å². The number of nitrogens with zero attached hydrogens (tertiary/aromatic N) is 1. The van der Waals surface area contributed by atoms with Gasteiger partial charge < -0.3 is 29.4 Å². The number of ether oxygens (including phenoxy) is 3. The standard InChI is InChI=1S/C27H25N3O4/c1-32-19-9-6-17(7-10-19)26-25-21(20-4-2-3-5-22(20)29-25)12-13-30(26)27(31)28-18-8-11-23-24(16-18)34-15-14-33-23/h2-11,16,26,29H,12-15H2,1H3,(H,28,31)/t26-/m0/s1. The first-order chi connectivity index (χ1) is 16.7. The smallest absolute Gasteiger partial charge is 0.322 e. The first-order valence-electron chi connectivity index (χ1n) is 11.4. The number of para-hydroxylation sites is 1. The molecule has 0 radical (unpaired) electrons. The molecule has 4 aromatic rings. The number of nitrogens with one attached hydrogen (secondary N) is 2. The van der Waals surface area contributed by atoms with E-state index in [-0.39, 0.29) is 12.1 Å². The summed E-state index contributed by atoms with van der Waals surface area (Å²) in [5.41, 5.74) is 5.09. The van der Waals surface area contributed by atoms with E-state index < -0.39 is 0 Å². The molecule has 0 fully saturated rings. The van der Waals surface area contributed by atoms with Gasteiger partial charge in [0.05, 0.1) is 13.2 Å². The molecule has 3 aromatic carbocycles. The topological polar surface area (TPSA) is 75.8 Å². The zero-order valence-corrected chi connectivity index (χ0v) is 18.8. The van der Waals surface area contributed by atoms with E-state index >= 15 is 0 Å². The monoisotopic (exact) mass is 455 g/mol. The Balaban J connectivity index is 1.37. The maximum Gasteiger partial charge on any atom is 0.322 e. The molecule has 7 heteroatoms. The number of amides is 2. The van der Waals surface area contributed by atoms with Crippen LogP contribution in [0.25, 0.3) is 10.9 Å². The summed E-state index contributed by atoms with van der Waals surface area (Å²) < 4.78 is 16.6. The van der Waals surface area contributed by atoms with Crippen molar-refractivity contribution in [2.24, 2.45) is 0 Å². The molecular formula is C27H25N3O4. The van der Waals surface area contributed by atoms with Crippen molar-refractivity contribution in [3.05, 3.63) is 83.6 Å². The summed E-state index contributed by atoms with van der Waals surface area (Å²) in [5.74, 6) is 2.12. The number of aromatic amines is 1. The average Bonchev–Trinajstić information content (AvgIpc) is 3.27. The molecule has 2 aliphatic rings. The maximum atomic E-state index is 13.6. The van der Waals surface area contributed by atoms with Crippen LogP contribution in [-0.2, 0) is 6.42 Å². The third-order valence-electron chi connectivity index (χ3n) is 6.52. The summed E-state index contributed by atoms with van der Waals surface area (Å²) in [4.78, 5) is 19.1. The zero-order valence-electron chi connectivity index (χ0n) is 18.8. The first-order valence-corrected chi connectivity index (χ1v) is 11.4. The first kappa shape index (κ1) is 20.5. The van der Waals surface area contributed by atoms with Crippen molar-refractivity contribution in [3.8, 4) is 17.2 Å². The second kappa shape index (κ2) is 8.33. The van der Waals surface area contributed by atoms with Gasteiger partial charge in [-0.2, -0.15) is 0 Å². The van der Waals surface area contributed by atoms with Gasteiger partial charge in [-0.05, 0) is 47.9 Å². The van der Waals surface area contributed by atoms with Crippen LogP contribution in [0.15, 0.2) is 66.7 Å². The molecule has 0 aliphatic carbocycles. The number of aromatic nitrogens is 1. The van der Waals surface area contributed by atoms with E-state index in [1.807, 2.05) is 53.4 Å². The zero-order chi connectivity index (χ0) is 23.1. The Kier molecular flexibility index (Phi) is 5.02. The lowest BCUT2D eigenvalue weighted by Gasteiger charge is -2.36. The van der Waals surface area contributed by atoms with Gasteiger partial charge in [-0.15, -0.1) is 0 Å². The molecule has 2 amide bonds. The minimum atomic E-state index is -0.251. The van der Waals surface area contributed by atoms with E-state index in [1.165, 1.54) is 10.9 Å². The van der Waals surface area contributed by atoms with E-state index in [4.69, 9.17) is 14.2 Å². The molecule has 7 nitrogen and oxygen atoms in total. The van der Waals surface area contributed by atoms with Crippen LogP contribution in [-0.4, -0.2) is 42.8 Å². The van der Waals surface area contributed by atoms with Crippen molar-refractivity contribution in [1.29, 1.82) is 0 Å². The van der Waals surface area contributed by atoms with Gasteiger partial charge in [-0.25, -0.2) is 4.79 Å². The number of urea groups is 1. The molecule has 0 unspecified atom stereocenters. The van der Waals surface area contributed by atoms with Crippen molar-refractivity contribution in [3.63, 3.8) is 0 Å².